The number of carbonyl (C=O) groups excluding carboxylic acids is 3. The van der Waals surface area contributed by atoms with E-state index in [1.165, 1.54) is 5.56 Å². The number of urea groups is 1. The van der Waals surface area contributed by atoms with Crippen molar-refractivity contribution >= 4 is 29.6 Å². The quantitative estimate of drug-likeness (QED) is 0.432. The lowest BCUT2D eigenvalue weighted by atomic mass is 10.0. The van der Waals surface area contributed by atoms with Gasteiger partial charge in [0.05, 0.1) is 11.4 Å². The van der Waals surface area contributed by atoms with Crippen LogP contribution in [0.2, 0.25) is 0 Å². The Kier molecular flexibility index (Phi) is 6.00. The summed E-state index contributed by atoms with van der Waals surface area (Å²) >= 11 is 0. The van der Waals surface area contributed by atoms with Crippen LogP contribution in [-0.4, -0.2) is 22.4 Å². The van der Waals surface area contributed by atoms with E-state index in [-0.39, 0.29) is 5.57 Å². The number of imide groups is 2. The fraction of sp³-hybridized carbons (Fsp3) is 0.250. The topological polar surface area (TPSA) is 71.4 Å². The van der Waals surface area contributed by atoms with Crippen LogP contribution in [0.3, 0.4) is 0 Å². The molecule has 1 fully saturated rings. The molecule has 0 spiro atoms. The Bertz CT molecular complexity index is 1380. The highest BCUT2D eigenvalue weighted by atomic mass is 16.2. The van der Waals surface area contributed by atoms with Crippen LogP contribution in [0, 0.1) is 34.6 Å². The number of anilines is 1. The van der Waals surface area contributed by atoms with Gasteiger partial charge in [0.25, 0.3) is 11.8 Å². The molecular formula is C28H29N3O3. The molecule has 3 aromatic rings. The summed E-state index contributed by atoms with van der Waals surface area (Å²) in [5.74, 6) is -1.32. The molecule has 4 rings (SSSR count). The molecule has 0 radical (unpaired) electrons. The molecule has 0 bridgehead atoms. The predicted molar refractivity (Wildman–Crippen MR) is 134 cm³/mol. The molecule has 1 aromatic heterocycles. The van der Waals surface area contributed by atoms with Gasteiger partial charge in [-0.2, -0.15) is 0 Å². The van der Waals surface area contributed by atoms with Crippen molar-refractivity contribution in [3.8, 4) is 5.69 Å². The number of barbiturate groups is 1. The standard InChI is InChI=1S/C28H29N3O3/c1-7-21-10-8-9-17(3)25(21)30-19(5)14-22(20(30)6)15-24-26(32)29-28(34)31(27(24)33)23-12-11-16(2)18(4)13-23/h8-15H,7H2,1-6H3,(H,29,32,34)/b24-15+. The molecule has 6 nitrogen and oxygen atoms in total. The van der Waals surface area contributed by atoms with Crippen LogP contribution in [0.15, 0.2) is 48.0 Å². The molecule has 2 heterocycles. The van der Waals surface area contributed by atoms with Crippen molar-refractivity contribution < 1.29 is 14.4 Å². The minimum absolute atomic E-state index is 0.0708. The molecule has 174 valence electrons. The Morgan fingerprint density at radius 1 is 0.882 bits per heavy atom. The van der Waals surface area contributed by atoms with Crippen LogP contribution in [0.1, 0.15) is 46.1 Å². The number of nitrogens with one attached hydrogen (secondary N) is 1. The summed E-state index contributed by atoms with van der Waals surface area (Å²) in [5.41, 5.74) is 8.54. The molecular weight excluding hydrogens is 426 g/mol. The first kappa shape index (κ1) is 23.2. The summed E-state index contributed by atoms with van der Waals surface area (Å²) in [4.78, 5) is 39.6. The number of benzene rings is 2. The second-order valence-corrected chi connectivity index (χ2v) is 8.82. The lowest BCUT2D eigenvalue weighted by Crippen LogP contribution is -2.54. The van der Waals surface area contributed by atoms with E-state index in [1.807, 2.05) is 39.8 Å². The first-order valence-corrected chi connectivity index (χ1v) is 11.4. The van der Waals surface area contributed by atoms with E-state index in [0.29, 0.717) is 5.69 Å². The summed E-state index contributed by atoms with van der Waals surface area (Å²) in [7, 11) is 0. The Morgan fingerprint density at radius 3 is 2.29 bits per heavy atom. The summed E-state index contributed by atoms with van der Waals surface area (Å²) < 4.78 is 2.16. The van der Waals surface area contributed by atoms with E-state index in [9.17, 15) is 14.4 Å². The molecule has 4 amide bonds. The third-order valence-corrected chi connectivity index (χ3v) is 6.55. The van der Waals surface area contributed by atoms with Crippen molar-refractivity contribution in [1.82, 2.24) is 9.88 Å². The number of aromatic nitrogens is 1. The SMILES string of the molecule is CCc1cccc(C)c1-n1c(C)cc(/C=C2\C(=O)NC(=O)N(c3ccc(C)c(C)c3)C2=O)c1C. The fourth-order valence-corrected chi connectivity index (χ4v) is 4.51. The highest BCUT2D eigenvalue weighted by Crippen LogP contribution is 2.29. The average molecular weight is 456 g/mol. The number of para-hydroxylation sites is 1. The van der Waals surface area contributed by atoms with Crippen LogP contribution in [0.4, 0.5) is 10.5 Å². The summed E-state index contributed by atoms with van der Waals surface area (Å²) in [6, 6.07) is 12.8. The average Bonchev–Trinajstić information content (AvgIpc) is 3.06. The summed E-state index contributed by atoms with van der Waals surface area (Å²) in [6.45, 7) is 12.1. The van der Waals surface area contributed by atoms with Gasteiger partial charge in [-0.05, 0) is 93.1 Å². The summed E-state index contributed by atoms with van der Waals surface area (Å²) in [5, 5.41) is 2.31. The van der Waals surface area contributed by atoms with Gasteiger partial charge in [-0.15, -0.1) is 0 Å². The van der Waals surface area contributed by atoms with Crippen molar-refractivity contribution in [2.75, 3.05) is 4.90 Å². The van der Waals surface area contributed by atoms with E-state index < -0.39 is 17.8 Å². The zero-order chi connectivity index (χ0) is 24.7. The molecule has 34 heavy (non-hydrogen) atoms. The second kappa shape index (κ2) is 8.78. The number of nitrogens with zero attached hydrogens (tertiary/aromatic N) is 2. The van der Waals surface area contributed by atoms with Crippen LogP contribution >= 0.6 is 0 Å². The van der Waals surface area contributed by atoms with Crippen molar-refractivity contribution in [1.29, 1.82) is 0 Å². The smallest absolute Gasteiger partial charge is 0.317 e. The van der Waals surface area contributed by atoms with Gasteiger partial charge in [-0.25, -0.2) is 9.69 Å². The van der Waals surface area contributed by atoms with E-state index >= 15 is 0 Å². The van der Waals surface area contributed by atoms with Crippen molar-refractivity contribution in [2.24, 2.45) is 0 Å². The molecule has 1 aliphatic heterocycles. The third kappa shape index (κ3) is 3.85. The number of carbonyl (C=O) groups is 3. The minimum Gasteiger partial charge on any atom is -0.317 e. The van der Waals surface area contributed by atoms with Gasteiger partial charge in [0, 0.05) is 11.4 Å². The molecule has 0 saturated carbocycles. The van der Waals surface area contributed by atoms with Crippen molar-refractivity contribution in [2.45, 2.75) is 48.0 Å². The molecule has 0 aliphatic carbocycles. The largest absolute Gasteiger partial charge is 0.335 e. The molecule has 2 aromatic carbocycles. The van der Waals surface area contributed by atoms with Gasteiger partial charge in [0.15, 0.2) is 0 Å². The first-order valence-electron chi connectivity index (χ1n) is 11.4. The second-order valence-electron chi connectivity index (χ2n) is 8.82. The van der Waals surface area contributed by atoms with E-state index in [0.717, 1.165) is 50.6 Å². The fourth-order valence-electron chi connectivity index (χ4n) is 4.51. The Labute approximate surface area is 199 Å². The van der Waals surface area contributed by atoms with Gasteiger partial charge in [-0.1, -0.05) is 31.2 Å². The van der Waals surface area contributed by atoms with Gasteiger partial charge in [0.2, 0.25) is 0 Å². The van der Waals surface area contributed by atoms with Gasteiger partial charge < -0.3 is 4.57 Å². The maximum absolute atomic E-state index is 13.3. The van der Waals surface area contributed by atoms with Crippen LogP contribution < -0.4 is 10.2 Å². The third-order valence-electron chi connectivity index (χ3n) is 6.55. The lowest BCUT2D eigenvalue weighted by molar-refractivity contribution is -0.122. The highest BCUT2D eigenvalue weighted by Gasteiger charge is 2.37. The molecule has 1 saturated heterocycles. The maximum atomic E-state index is 13.3. The number of amides is 4. The molecule has 0 unspecified atom stereocenters. The Balaban J connectivity index is 1.81. The number of rotatable bonds is 4. The van der Waals surface area contributed by atoms with Gasteiger partial charge in [-0.3, -0.25) is 14.9 Å². The van der Waals surface area contributed by atoms with Crippen molar-refractivity contribution in [3.63, 3.8) is 0 Å². The van der Waals surface area contributed by atoms with E-state index in [1.54, 1.807) is 18.2 Å². The first-order chi connectivity index (χ1) is 16.1. The predicted octanol–water partition coefficient (Wildman–Crippen LogP) is 5.25. The maximum Gasteiger partial charge on any atom is 0.335 e. The number of hydrogen-bond donors (Lipinski definition) is 1. The van der Waals surface area contributed by atoms with Crippen LogP contribution in [0.5, 0.6) is 0 Å². The van der Waals surface area contributed by atoms with Crippen LogP contribution in [-0.2, 0) is 16.0 Å². The normalized spacial score (nSPS) is 15.3. The molecule has 0 atom stereocenters. The van der Waals surface area contributed by atoms with Crippen molar-refractivity contribution in [3.05, 3.63) is 87.2 Å². The molecule has 6 heteroatoms. The van der Waals surface area contributed by atoms with Crippen LogP contribution in [0.25, 0.3) is 11.8 Å². The monoisotopic (exact) mass is 455 g/mol. The van der Waals surface area contributed by atoms with E-state index in [2.05, 4.69) is 41.9 Å². The zero-order valence-electron chi connectivity index (χ0n) is 20.4. The Morgan fingerprint density at radius 2 is 1.62 bits per heavy atom. The zero-order valence-corrected chi connectivity index (χ0v) is 20.4. The lowest BCUT2D eigenvalue weighted by Gasteiger charge is -2.26. The van der Waals surface area contributed by atoms with Gasteiger partial charge >= 0.3 is 6.03 Å². The molecule has 1 aliphatic rings. The van der Waals surface area contributed by atoms with Gasteiger partial charge in [0.1, 0.15) is 5.57 Å². The Hall–Kier alpha value is -3.93. The minimum atomic E-state index is -0.742. The number of aryl methyl sites for hydroxylation is 5. The summed E-state index contributed by atoms with van der Waals surface area (Å²) in [6.07, 6.45) is 2.47. The number of hydrogen-bond acceptors (Lipinski definition) is 3. The van der Waals surface area contributed by atoms with E-state index in [4.69, 9.17) is 0 Å². The molecule has 1 N–H and O–H groups in total. The highest BCUT2D eigenvalue weighted by molar-refractivity contribution is 6.39.